The number of carbonyl (C=O) groups excluding carboxylic acids is 1. The van der Waals surface area contributed by atoms with Crippen LogP contribution in [0.15, 0.2) is 30.3 Å². The number of benzene rings is 1. The van der Waals surface area contributed by atoms with Gasteiger partial charge in [-0.25, -0.2) is 9.18 Å². The lowest BCUT2D eigenvalue weighted by atomic mass is 10.1. The first-order valence-electron chi connectivity index (χ1n) is 6.28. The van der Waals surface area contributed by atoms with Gasteiger partial charge in [0.15, 0.2) is 0 Å². The molecule has 0 radical (unpaired) electrons. The largest absolute Gasteiger partial charge is 0.444 e. The highest BCUT2D eigenvalue weighted by molar-refractivity contribution is 5.77. The van der Waals surface area contributed by atoms with Gasteiger partial charge in [0.05, 0.1) is 0 Å². The average Bonchev–Trinajstić information content (AvgIpc) is 2.75. The summed E-state index contributed by atoms with van der Waals surface area (Å²) in [4.78, 5) is 13.5. The monoisotopic (exact) mass is 263 g/mol. The van der Waals surface area contributed by atoms with Crippen LogP contribution in [0.2, 0.25) is 0 Å². The number of rotatable bonds is 1. The molecule has 0 fully saturated rings. The predicted molar refractivity (Wildman–Crippen MR) is 72.2 cm³/mol. The third-order valence-electron chi connectivity index (χ3n) is 2.77. The maximum Gasteiger partial charge on any atom is 0.410 e. The van der Waals surface area contributed by atoms with Gasteiger partial charge >= 0.3 is 6.09 Å². The van der Waals surface area contributed by atoms with Crippen molar-refractivity contribution in [2.45, 2.75) is 26.4 Å². The van der Waals surface area contributed by atoms with Crippen LogP contribution in [0.1, 0.15) is 26.3 Å². The summed E-state index contributed by atoms with van der Waals surface area (Å²) in [5.74, 6) is -0.269. The number of carbonyl (C=O) groups is 1. The van der Waals surface area contributed by atoms with Crippen LogP contribution in [-0.2, 0) is 4.74 Å². The van der Waals surface area contributed by atoms with Crippen LogP contribution in [0.25, 0.3) is 5.57 Å². The molecular formula is C15H18FNO2. The van der Waals surface area contributed by atoms with Crippen molar-refractivity contribution in [1.82, 2.24) is 4.90 Å². The van der Waals surface area contributed by atoms with Crippen LogP contribution < -0.4 is 0 Å². The summed E-state index contributed by atoms with van der Waals surface area (Å²) in [6.07, 6.45) is 1.59. The Balaban J connectivity index is 2.01. The Hall–Kier alpha value is -1.84. The van der Waals surface area contributed by atoms with Gasteiger partial charge in [-0.1, -0.05) is 18.2 Å². The van der Waals surface area contributed by atoms with E-state index in [1.807, 2.05) is 32.9 Å². The van der Waals surface area contributed by atoms with E-state index in [4.69, 9.17) is 4.74 Å². The highest BCUT2D eigenvalue weighted by Crippen LogP contribution is 2.23. The number of halogens is 1. The van der Waals surface area contributed by atoms with Crippen LogP contribution in [0.5, 0.6) is 0 Å². The molecule has 4 heteroatoms. The van der Waals surface area contributed by atoms with Crippen molar-refractivity contribution < 1.29 is 13.9 Å². The Kier molecular flexibility index (Phi) is 3.60. The van der Waals surface area contributed by atoms with Crippen molar-refractivity contribution in [1.29, 1.82) is 0 Å². The Morgan fingerprint density at radius 1 is 1.37 bits per heavy atom. The second kappa shape index (κ2) is 5.03. The van der Waals surface area contributed by atoms with E-state index in [0.29, 0.717) is 13.1 Å². The Labute approximate surface area is 112 Å². The molecule has 102 valence electrons. The van der Waals surface area contributed by atoms with Crippen molar-refractivity contribution >= 4 is 11.7 Å². The number of hydrogen-bond donors (Lipinski definition) is 0. The van der Waals surface area contributed by atoms with Crippen LogP contribution >= 0.6 is 0 Å². The lowest BCUT2D eigenvalue weighted by Gasteiger charge is -2.24. The van der Waals surface area contributed by atoms with Crippen LogP contribution in [-0.4, -0.2) is 29.7 Å². The quantitative estimate of drug-likeness (QED) is 0.776. The van der Waals surface area contributed by atoms with E-state index in [1.165, 1.54) is 12.1 Å². The van der Waals surface area contributed by atoms with E-state index in [0.717, 1.165) is 11.1 Å². The topological polar surface area (TPSA) is 29.5 Å². The summed E-state index contributed by atoms with van der Waals surface area (Å²) in [5.41, 5.74) is 1.26. The molecular weight excluding hydrogens is 245 g/mol. The minimum atomic E-state index is -0.501. The van der Waals surface area contributed by atoms with Crippen molar-refractivity contribution in [3.63, 3.8) is 0 Å². The number of ether oxygens (including phenoxy) is 1. The highest BCUT2D eigenvalue weighted by atomic mass is 19.1. The fraction of sp³-hybridized carbons (Fsp3) is 0.400. The van der Waals surface area contributed by atoms with Crippen molar-refractivity contribution in [3.8, 4) is 0 Å². The van der Waals surface area contributed by atoms with E-state index < -0.39 is 5.60 Å². The molecule has 1 aromatic rings. The van der Waals surface area contributed by atoms with Crippen LogP contribution in [0.3, 0.4) is 0 Å². The molecule has 0 N–H and O–H groups in total. The maximum absolute atomic E-state index is 13.2. The number of nitrogens with zero attached hydrogens (tertiary/aromatic N) is 1. The molecule has 2 rings (SSSR count). The van der Waals surface area contributed by atoms with Gasteiger partial charge in [-0.2, -0.15) is 0 Å². The maximum atomic E-state index is 13.2. The number of amides is 1. The molecule has 19 heavy (non-hydrogen) atoms. The summed E-state index contributed by atoms with van der Waals surface area (Å²) in [5, 5.41) is 0. The zero-order chi connectivity index (χ0) is 14.0. The third-order valence-corrected chi connectivity index (χ3v) is 2.77. The van der Waals surface area contributed by atoms with Gasteiger partial charge in [0, 0.05) is 13.1 Å². The molecule has 0 bridgehead atoms. The van der Waals surface area contributed by atoms with Gasteiger partial charge in [0.2, 0.25) is 0 Å². The first-order valence-corrected chi connectivity index (χ1v) is 6.28. The molecule has 0 saturated carbocycles. The standard InChI is InChI=1S/C15H18FNO2/c1-15(2,3)19-14(18)17-8-7-12(10-17)11-5-4-6-13(16)9-11/h4-7,9H,8,10H2,1-3H3. The molecule has 1 aliphatic heterocycles. The predicted octanol–water partition coefficient (Wildman–Crippen LogP) is 3.46. The molecule has 1 heterocycles. The summed E-state index contributed by atoms with van der Waals surface area (Å²) >= 11 is 0. The minimum absolute atomic E-state index is 0.269. The molecule has 3 nitrogen and oxygen atoms in total. The Morgan fingerprint density at radius 2 is 2.11 bits per heavy atom. The highest BCUT2D eigenvalue weighted by Gasteiger charge is 2.25. The first-order chi connectivity index (χ1) is 8.85. The van der Waals surface area contributed by atoms with Gasteiger partial charge in [0.1, 0.15) is 11.4 Å². The smallest absolute Gasteiger partial charge is 0.410 e. The first kappa shape index (κ1) is 13.6. The number of hydrogen-bond acceptors (Lipinski definition) is 2. The lowest BCUT2D eigenvalue weighted by Crippen LogP contribution is -2.35. The van der Waals surface area contributed by atoms with Gasteiger partial charge in [-0.05, 0) is 44.0 Å². The van der Waals surface area contributed by atoms with E-state index in [-0.39, 0.29) is 11.9 Å². The van der Waals surface area contributed by atoms with Gasteiger partial charge in [-0.15, -0.1) is 0 Å². The summed E-state index contributed by atoms with van der Waals surface area (Å²) in [6.45, 7) is 6.46. The average molecular weight is 263 g/mol. The van der Waals surface area contributed by atoms with E-state index in [2.05, 4.69) is 0 Å². The molecule has 1 aliphatic rings. The molecule has 1 amide bonds. The summed E-state index contributed by atoms with van der Waals surface area (Å²) in [6, 6.07) is 6.39. The van der Waals surface area contributed by atoms with Gasteiger partial charge in [0.25, 0.3) is 0 Å². The third kappa shape index (κ3) is 3.56. The van der Waals surface area contributed by atoms with E-state index in [1.54, 1.807) is 11.0 Å². The van der Waals surface area contributed by atoms with Gasteiger partial charge < -0.3 is 9.64 Å². The van der Waals surface area contributed by atoms with Crippen molar-refractivity contribution in [3.05, 3.63) is 41.7 Å². The molecule has 1 aromatic carbocycles. The minimum Gasteiger partial charge on any atom is -0.444 e. The van der Waals surface area contributed by atoms with E-state index in [9.17, 15) is 9.18 Å². The lowest BCUT2D eigenvalue weighted by molar-refractivity contribution is 0.0306. The normalized spacial score (nSPS) is 15.4. The van der Waals surface area contributed by atoms with Crippen molar-refractivity contribution in [2.24, 2.45) is 0 Å². The van der Waals surface area contributed by atoms with Crippen LogP contribution in [0, 0.1) is 5.82 Å². The fourth-order valence-electron chi connectivity index (χ4n) is 1.92. The molecule has 0 saturated heterocycles. The second-order valence-electron chi connectivity index (χ2n) is 5.60. The van der Waals surface area contributed by atoms with Crippen molar-refractivity contribution in [2.75, 3.05) is 13.1 Å². The molecule has 0 unspecified atom stereocenters. The summed E-state index contributed by atoms with van der Waals surface area (Å²) in [7, 11) is 0. The van der Waals surface area contributed by atoms with E-state index >= 15 is 0 Å². The zero-order valence-electron chi connectivity index (χ0n) is 11.4. The second-order valence-corrected chi connectivity index (χ2v) is 5.60. The van der Waals surface area contributed by atoms with Crippen LogP contribution in [0.4, 0.5) is 9.18 Å². The molecule has 0 spiro atoms. The molecule has 0 atom stereocenters. The molecule has 0 aromatic heterocycles. The molecule has 0 aliphatic carbocycles. The zero-order valence-corrected chi connectivity index (χ0v) is 11.4. The van der Waals surface area contributed by atoms with Gasteiger partial charge in [-0.3, -0.25) is 0 Å². The SMILES string of the molecule is CC(C)(C)OC(=O)N1CC=C(c2cccc(F)c2)C1. The summed E-state index contributed by atoms with van der Waals surface area (Å²) < 4.78 is 18.5. The Bertz CT molecular complexity index is 517. The fourth-order valence-corrected chi connectivity index (χ4v) is 1.92. The Morgan fingerprint density at radius 3 is 2.74 bits per heavy atom.